The molecule has 2 aromatic carbocycles. The van der Waals surface area contributed by atoms with Gasteiger partial charge in [0.25, 0.3) is 11.8 Å². The molecular formula is C21H23ClFN3O3. The molecule has 2 rings (SSSR count). The number of carbonyl (C=O) groups excluding carboxylic acids is 3. The van der Waals surface area contributed by atoms with E-state index in [4.69, 9.17) is 11.6 Å². The molecule has 0 radical (unpaired) electrons. The van der Waals surface area contributed by atoms with E-state index < -0.39 is 23.7 Å². The molecule has 3 amide bonds. The molecule has 8 heteroatoms. The largest absolute Gasteiger partial charge is 0.345 e. The first-order valence-corrected chi connectivity index (χ1v) is 9.36. The van der Waals surface area contributed by atoms with Gasteiger partial charge in [-0.3, -0.25) is 14.4 Å². The van der Waals surface area contributed by atoms with Gasteiger partial charge < -0.3 is 15.5 Å². The molecule has 0 saturated carbocycles. The molecule has 0 aromatic heterocycles. The van der Waals surface area contributed by atoms with Crippen LogP contribution >= 0.6 is 11.6 Å². The van der Waals surface area contributed by atoms with Crippen molar-refractivity contribution in [1.82, 2.24) is 10.2 Å². The fourth-order valence-electron chi connectivity index (χ4n) is 2.58. The zero-order chi connectivity index (χ0) is 21.7. The summed E-state index contributed by atoms with van der Waals surface area (Å²) in [6.45, 7) is 3.56. The average molecular weight is 420 g/mol. The zero-order valence-corrected chi connectivity index (χ0v) is 17.4. The van der Waals surface area contributed by atoms with Crippen molar-refractivity contribution in [2.24, 2.45) is 5.92 Å². The first-order chi connectivity index (χ1) is 13.6. The Hall–Kier alpha value is -2.93. The molecule has 0 fully saturated rings. The normalized spacial score (nSPS) is 11.7. The lowest BCUT2D eigenvalue weighted by Crippen LogP contribution is -2.47. The van der Waals surface area contributed by atoms with E-state index in [9.17, 15) is 18.8 Å². The van der Waals surface area contributed by atoms with E-state index in [0.29, 0.717) is 5.56 Å². The molecule has 0 saturated heterocycles. The predicted octanol–water partition coefficient (Wildman–Crippen LogP) is 3.57. The minimum absolute atomic E-state index is 0.232. The van der Waals surface area contributed by atoms with Crippen LogP contribution in [-0.4, -0.2) is 42.8 Å². The van der Waals surface area contributed by atoms with E-state index >= 15 is 0 Å². The average Bonchev–Trinajstić information content (AvgIpc) is 2.67. The van der Waals surface area contributed by atoms with Gasteiger partial charge in [0.1, 0.15) is 11.9 Å². The molecule has 0 spiro atoms. The van der Waals surface area contributed by atoms with Crippen molar-refractivity contribution in [3.63, 3.8) is 0 Å². The third kappa shape index (κ3) is 5.77. The van der Waals surface area contributed by atoms with E-state index in [1.165, 1.54) is 41.3 Å². The summed E-state index contributed by atoms with van der Waals surface area (Å²) < 4.78 is 13.1. The van der Waals surface area contributed by atoms with E-state index in [1.54, 1.807) is 34.0 Å². The molecule has 0 aliphatic rings. The van der Waals surface area contributed by atoms with Crippen LogP contribution in [-0.2, 0) is 4.79 Å². The molecule has 0 bridgehead atoms. The first kappa shape index (κ1) is 22.4. The number of hydrogen-bond acceptors (Lipinski definition) is 3. The zero-order valence-electron chi connectivity index (χ0n) is 16.6. The van der Waals surface area contributed by atoms with Crippen molar-refractivity contribution in [3.05, 3.63) is 64.4 Å². The van der Waals surface area contributed by atoms with Gasteiger partial charge in [-0.2, -0.15) is 0 Å². The summed E-state index contributed by atoms with van der Waals surface area (Å²) in [6.07, 6.45) is 0. The highest BCUT2D eigenvalue weighted by Crippen LogP contribution is 2.24. The highest BCUT2D eigenvalue weighted by atomic mass is 35.5. The van der Waals surface area contributed by atoms with Gasteiger partial charge in [-0.15, -0.1) is 0 Å². The molecule has 0 heterocycles. The summed E-state index contributed by atoms with van der Waals surface area (Å²) in [5.41, 5.74) is 0.874. The Morgan fingerprint density at radius 2 is 1.59 bits per heavy atom. The molecule has 154 valence electrons. The van der Waals surface area contributed by atoms with Crippen LogP contribution in [0.15, 0.2) is 42.5 Å². The smallest absolute Gasteiger partial charge is 0.253 e. The number of halogens is 2. The van der Waals surface area contributed by atoms with Crippen molar-refractivity contribution in [2.45, 2.75) is 19.9 Å². The van der Waals surface area contributed by atoms with Crippen molar-refractivity contribution >= 4 is 35.0 Å². The molecule has 2 N–H and O–H groups in total. The van der Waals surface area contributed by atoms with Gasteiger partial charge in [-0.05, 0) is 48.4 Å². The first-order valence-electron chi connectivity index (χ1n) is 8.98. The highest BCUT2D eigenvalue weighted by Gasteiger charge is 2.25. The topological polar surface area (TPSA) is 78.5 Å². The van der Waals surface area contributed by atoms with Crippen LogP contribution in [0.2, 0.25) is 5.02 Å². The SMILES string of the molecule is CC(C)C(NC(=O)c1ccc(F)cc1)C(=O)Nc1cc(C(=O)N(C)C)ccc1Cl. The summed E-state index contributed by atoms with van der Waals surface area (Å²) in [5, 5.41) is 5.60. The Kier molecular flexibility index (Phi) is 7.34. The maximum atomic E-state index is 13.1. The summed E-state index contributed by atoms with van der Waals surface area (Å²) in [6, 6.07) is 8.74. The number of benzene rings is 2. The third-order valence-electron chi connectivity index (χ3n) is 4.22. The van der Waals surface area contributed by atoms with E-state index in [-0.39, 0.29) is 28.1 Å². The Morgan fingerprint density at radius 1 is 1.00 bits per heavy atom. The van der Waals surface area contributed by atoms with E-state index in [1.807, 2.05) is 0 Å². The van der Waals surface area contributed by atoms with Gasteiger partial charge in [0, 0.05) is 25.2 Å². The fourth-order valence-corrected chi connectivity index (χ4v) is 2.75. The second-order valence-electron chi connectivity index (χ2n) is 7.09. The van der Waals surface area contributed by atoms with Gasteiger partial charge in [-0.25, -0.2) is 4.39 Å². The second kappa shape index (κ2) is 9.52. The minimum atomic E-state index is -0.864. The van der Waals surface area contributed by atoms with Gasteiger partial charge in [0.2, 0.25) is 5.91 Å². The van der Waals surface area contributed by atoms with Gasteiger partial charge in [0.15, 0.2) is 0 Å². The van der Waals surface area contributed by atoms with Crippen LogP contribution in [0.4, 0.5) is 10.1 Å². The third-order valence-corrected chi connectivity index (χ3v) is 4.55. The van der Waals surface area contributed by atoms with Crippen LogP contribution in [0.5, 0.6) is 0 Å². The van der Waals surface area contributed by atoms with Crippen LogP contribution in [0.1, 0.15) is 34.6 Å². The fraction of sp³-hybridized carbons (Fsp3) is 0.286. The number of rotatable bonds is 6. The molecule has 0 aliphatic heterocycles. The number of amides is 3. The molecular weight excluding hydrogens is 397 g/mol. The van der Waals surface area contributed by atoms with E-state index in [0.717, 1.165) is 0 Å². The lowest BCUT2D eigenvalue weighted by Gasteiger charge is -2.22. The van der Waals surface area contributed by atoms with Crippen molar-refractivity contribution < 1.29 is 18.8 Å². The van der Waals surface area contributed by atoms with Gasteiger partial charge in [0.05, 0.1) is 10.7 Å². The Bertz CT molecular complexity index is 914. The van der Waals surface area contributed by atoms with Crippen LogP contribution in [0.3, 0.4) is 0 Å². The number of nitrogens with zero attached hydrogens (tertiary/aromatic N) is 1. The standard InChI is InChI=1S/C21H23ClFN3O3/c1-12(2)18(25-19(27)13-5-8-15(23)9-6-13)20(28)24-17-11-14(7-10-16(17)22)21(29)26(3)4/h5-12,18H,1-4H3,(H,24,28)(H,25,27). The monoisotopic (exact) mass is 419 g/mol. The molecule has 29 heavy (non-hydrogen) atoms. The van der Waals surface area contributed by atoms with Crippen LogP contribution in [0.25, 0.3) is 0 Å². The summed E-state index contributed by atoms with van der Waals surface area (Å²) >= 11 is 6.16. The Morgan fingerprint density at radius 3 is 2.14 bits per heavy atom. The number of anilines is 1. The Balaban J connectivity index is 2.19. The molecule has 0 aliphatic carbocycles. The molecule has 1 atom stereocenters. The maximum absolute atomic E-state index is 13.1. The number of carbonyl (C=O) groups is 3. The summed E-state index contributed by atoms with van der Waals surface area (Å²) in [7, 11) is 3.24. The van der Waals surface area contributed by atoms with Crippen molar-refractivity contribution in [1.29, 1.82) is 0 Å². The maximum Gasteiger partial charge on any atom is 0.253 e. The van der Waals surface area contributed by atoms with Gasteiger partial charge >= 0.3 is 0 Å². The second-order valence-corrected chi connectivity index (χ2v) is 7.49. The molecule has 6 nitrogen and oxygen atoms in total. The molecule has 2 aromatic rings. The number of nitrogens with one attached hydrogen (secondary N) is 2. The molecule has 1 unspecified atom stereocenters. The summed E-state index contributed by atoms with van der Waals surface area (Å²) in [4.78, 5) is 38.8. The van der Waals surface area contributed by atoms with E-state index in [2.05, 4.69) is 10.6 Å². The van der Waals surface area contributed by atoms with Gasteiger partial charge in [-0.1, -0.05) is 25.4 Å². The van der Waals surface area contributed by atoms with Crippen molar-refractivity contribution in [2.75, 3.05) is 19.4 Å². The number of hydrogen-bond donors (Lipinski definition) is 2. The summed E-state index contributed by atoms with van der Waals surface area (Å²) in [5.74, 6) is -1.90. The lowest BCUT2D eigenvalue weighted by atomic mass is 10.0. The highest BCUT2D eigenvalue weighted by molar-refractivity contribution is 6.34. The minimum Gasteiger partial charge on any atom is -0.345 e. The lowest BCUT2D eigenvalue weighted by molar-refractivity contribution is -0.118. The van der Waals surface area contributed by atoms with Crippen molar-refractivity contribution in [3.8, 4) is 0 Å². The quantitative estimate of drug-likeness (QED) is 0.751. The van der Waals surface area contributed by atoms with Crippen LogP contribution in [0, 0.1) is 11.7 Å². The van der Waals surface area contributed by atoms with Crippen LogP contribution < -0.4 is 10.6 Å². The predicted molar refractivity (Wildman–Crippen MR) is 111 cm³/mol. The Labute approximate surface area is 174 Å².